The van der Waals surface area contributed by atoms with Crippen LogP contribution in [0.2, 0.25) is 0 Å². The number of likely N-dealkylation sites (tertiary alicyclic amines) is 1. The average molecular weight is 277 g/mol. The molecule has 1 fully saturated rings. The van der Waals surface area contributed by atoms with Crippen LogP contribution in [0.15, 0.2) is 6.07 Å². The predicted molar refractivity (Wildman–Crippen MR) is 86.2 cm³/mol. The average Bonchev–Trinajstić information content (AvgIpc) is 2.72. The van der Waals surface area contributed by atoms with E-state index in [-0.39, 0.29) is 0 Å². The van der Waals surface area contributed by atoms with Gasteiger partial charge >= 0.3 is 0 Å². The van der Waals surface area contributed by atoms with Crippen molar-refractivity contribution in [2.75, 3.05) is 19.6 Å². The van der Waals surface area contributed by atoms with E-state index >= 15 is 0 Å². The molecular formula is C17H31N3. The Bertz CT molecular complexity index is 416. The van der Waals surface area contributed by atoms with Crippen molar-refractivity contribution >= 4 is 0 Å². The van der Waals surface area contributed by atoms with E-state index in [0.29, 0.717) is 6.04 Å². The lowest BCUT2D eigenvalue weighted by Gasteiger charge is -2.29. The fourth-order valence-corrected chi connectivity index (χ4v) is 3.42. The molecule has 20 heavy (non-hydrogen) atoms. The lowest BCUT2D eigenvalue weighted by atomic mass is 10.1. The molecule has 1 aliphatic rings. The van der Waals surface area contributed by atoms with Gasteiger partial charge in [0.1, 0.15) is 0 Å². The first-order valence-electron chi connectivity index (χ1n) is 8.23. The highest BCUT2D eigenvalue weighted by Crippen LogP contribution is 2.15. The number of hydrogen-bond donors (Lipinski definition) is 1. The maximum absolute atomic E-state index is 3.70. The van der Waals surface area contributed by atoms with E-state index in [9.17, 15) is 0 Å². The third-order valence-electron chi connectivity index (χ3n) is 4.62. The monoisotopic (exact) mass is 277 g/mol. The molecule has 3 nitrogen and oxygen atoms in total. The molecule has 3 heteroatoms. The van der Waals surface area contributed by atoms with E-state index in [2.05, 4.69) is 48.5 Å². The zero-order chi connectivity index (χ0) is 14.5. The number of nitrogens with zero attached hydrogens (tertiary/aromatic N) is 2. The van der Waals surface area contributed by atoms with Gasteiger partial charge < -0.3 is 14.8 Å². The molecule has 114 valence electrons. The predicted octanol–water partition coefficient (Wildman–Crippen LogP) is 3.09. The van der Waals surface area contributed by atoms with Gasteiger partial charge in [0, 0.05) is 37.1 Å². The van der Waals surface area contributed by atoms with Crippen molar-refractivity contribution in [2.24, 2.45) is 0 Å². The Morgan fingerprint density at radius 3 is 2.50 bits per heavy atom. The van der Waals surface area contributed by atoms with Crippen molar-refractivity contribution in [3.63, 3.8) is 0 Å². The molecule has 0 amide bonds. The van der Waals surface area contributed by atoms with E-state index in [0.717, 1.165) is 13.1 Å². The quantitative estimate of drug-likeness (QED) is 0.862. The summed E-state index contributed by atoms with van der Waals surface area (Å²) in [6.45, 7) is 14.8. The summed E-state index contributed by atoms with van der Waals surface area (Å²) in [4.78, 5) is 2.61. The Kier molecular flexibility index (Phi) is 5.67. The molecule has 0 aliphatic carbocycles. The number of rotatable bonds is 6. The number of hydrogen-bond acceptors (Lipinski definition) is 2. The molecule has 1 aromatic heterocycles. The van der Waals surface area contributed by atoms with Crippen LogP contribution in [0.25, 0.3) is 0 Å². The lowest BCUT2D eigenvalue weighted by Crippen LogP contribution is -2.41. The van der Waals surface area contributed by atoms with Gasteiger partial charge in [-0.05, 0) is 65.3 Å². The first kappa shape index (κ1) is 15.6. The number of aryl methyl sites for hydroxylation is 1. The van der Waals surface area contributed by atoms with Gasteiger partial charge in [-0.2, -0.15) is 0 Å². The molecule has 1 unspecified atom stereocenters. The number of nitrogens with one attached hydrogen (secondary N) is 1. The summed E-state index contributed by atoms with van der Waals surface area (Å²) in [6.07, 6.45) is 4.18. The lowest BCUT2D eigenvalue weighted by molar-refractivity contribution is 0.209. The normalized spacial score (nSPS) is 18.4. The van der Waals surface area contributed by atoms with E-state index in [1.54, 1.807) is 0 Å². The Morgan fingerprint density at radius 2 is 1.90 bits per heavy atom. The van der Waals surface area contributed by atoms with Crippen LogP contribution in [0.1, 0.15) is 50.1 Å². The van der Waals surface area contributed by atoms with Crippen molar-refractivity contribution in [2.45, 2.75) is 66.1 Å². The number of piperidine rings is 1. The highest BCUT2D eigenvalue weighted by atomic mass is 15.1. The Morgan fingerprint density at radius 1 is 1.20 bits per heavy atom. The smallest absolute Gasteiger partial charge is 0.0226 e. The SMILES string of the molecule is CCn1c(C)cc(CNC(C)CN2CCCCC2)c1C. The minimum atomic E-state index is 0.567. The van der Waals surface area contributed by atoms with Gasteiger partial charge in [-0.15, -0.1) is 0 Å². The second-order valence-corrected chi connectivity index (χ2v) is 6.28. The summed E-state index contributed by atoms with van der Waals surface area (Å²) in [5.41, 5.74) is 4.25. The van der Waals surface area contributed by atoms with Crippen LogP contribution in [0, 0.1) is 13.8 Å². The summed E-state index contributed by atoms with van der Waals surface area (Å²) in [7, 11) is 0. The summed E-state index contributed by atoms with van der Waals surface area (Å²) >= 11 is 0. The molecule has 0 bridgehead atoms. The fraction of sp³-hybridized carbons (Fsp3) is 0.765. The maximum atomic E-state index is 3.70. The molecule has 2 heterocycles. The van der Waals surface area contributed by atoms with Crippen molar-refractivity contribution in [1.29, 1.82) is 0 Å². The zero-order valence-corrected chi connectivity index (χ0v) is 13.7. The highest BCUT2D eigenvalue weighted by Gasteiger charge is 2.14. The standard InChI is InChI=1S/C17H31N3/c1-5-20-15(3)11-17(16(20)4)12-18-14(2)13-19-9-7-6-8-10-19/h11,14,18H,5-10,12-13H2,1-4H3. The van der Waals surface area contributed by atoms with Crippen LogP contribution in [0.4, 0.5) is 0 Å². The minimum absolute atomic E-state index is 0.567. The first-order chi connectivity index (χ1) is 9.61. The minimum Gasteiger partial charge on any atom is -0.349 e. The molecule has 1 atom stereocenters. The highest BCUT2D eigenvalue weighted by molar-refractivity contribution is 5.26. The molecule has 1 aliphatic heterocycles. The van der Waals surface area contributed by atoms with Crippen LogP contribution in [-0.4, -0.2) is 35.1 Å². The summed E-state index contributed by atoms with van der Waals surface area (Å²) in [6, 6.07) is 2.90. The topological polar surface area (TPSA) is 20.2 Å². The van der Waals surface area contributed by atoms with Gasteiger partial charge in [-0.1, -0.05) is 6.42 Å². The fourth-order valence-electron chi connectivity index (χ4n) is 3.42. The van der Waals surface area contributed by atoms with Gasteiger partial charge in [0.25, 0.3) is 0 Å². The first-order valence-corrected chi connectivity index (χ1v) is 8.23. The molecule has 0 aromatic carbocycles. The molecule has 0 saturated carbocycles. The van der Waals surface area contributed by atoms with E-state index in [4.69, 9.17) is 0 Å². The van der Waals surface area contributed by atoms with Crippen molar-refractivity contribution in [3.05, 3.63) is 23.0 Å². The van der Waals surface area contributed by atoms with Gasteiger partial charge in [-0.3, -0.25) is 0 Å². The molecule has 1 N–H and O–H groups in total. The molecular weight excluding hydrogens is 246 g/mol. The van der Waals surface area contributed by atoms with Crippen molar-refractivity contribution in [3.8, 4) is 0 Å². The summed E-state index contributed by atoms with van der Waals surface area (Å²) < 4.78 is 2.40. The molecule has 2 rings (SSSR count). The Hall–Kier alpha value is -0.800. The van der Waals surface area contributed by atoms with Crippen molar-refractivity contribution < 1.29 is 0 Å². The third kappa shape index (κ3) is 3.86. The summed E-state index contributed by atoms with van der Waals surface area (Å²) in [5.74, 6) is 0. The Labute approximate surface area is 124 Å². The molecule has 0 spiro atoms. The second kappa shape index (κ2) is 7.28. The molecule has 0 radical (unpaired) electrons. The summed E-state index contributed by atoms with van der Waals surface area (Å²) in [5, 5.41) is 3.70. The zero-order valence-electron chi connectivity index (χ0n) is 13.7. The van der Waals surface area contributed by atoms with E-state index < -0.39 is 0 Å². The van der Waals surface area contributed by atoms with Crippen LogP contribution < -0.4 is 5.32 Å². The Balaban J connectivity index is 1.82. The van der Waals surface area contributed by atoms with Gasteiger partial charge in [0.15, 0.2) is 0 Å². The van der Waals surface area contributed by atoms with Gasteiger partial charge in [0.05, 0.1) is 0 Å². The van der Waals surface area contributed by atoms with Crippen LogP contribution in [0.3, 0.4) is 0 Å². The second-order valence-electron chi connectivity index (χ2n) is 6.28. The third-order valence-corrected chi connectivity index (χ3v) is 4.62. The molecule has 1 aromatic rings. The van der Waals surface area contributed by atoms with E-state index in [1.165, 1.54) is 55.8 Å². The van der Waals surface area contributed by atoms with Crippen LogP contribution in [0.5, 0.6) is 0 Å². The van der Waals surface area contributed by atoms with Crippen LogP contribution in [-0.2, 0) is 13.1 Å². The number of aromatic nitrogens is 1. The largest absolute Gasteiger partial charge is 0.349 e. The van der Waals surface area contributed by atoms with Crippen LogP contribution >= 0.6 is 0 Å². The van der Waals surface area contributed by atoms with Gasteiger partial charge in [-0.25, -0.2) is 0 Å². The molecule has 1 saturated heterocycles. The van der Waals surface area contributed by atoms with E-state index in [1.807, 2.05) is 0 Å². The van der Waals surface area contributed by atoms with Crippen molar-refractivity contribution in [1.82, 2.24) is 14.8 Å². The van der Waals surface area contributed by atoms with Gasteiger partial charge in [0.2, 0.25) is 0 Å². The maximum Gasteiger partial charge on any atom is 0.0226 e.